The Morgan fingerprint density at radius 1 is 0.943 bits per heavy atom. The zero-order chi connectivity index (χ0) is 24.7. The van der Waals surface area contributed by atoms with Crippen LogP contribution in [0.1, 0.15) is 22.7 Å². The first kappa shape index (κ1) is 22.7. The smallest absolute Gasteiger partial charge is 0.300 e. The fourth-order valence-corrected chi connectivity index (χ4v) is 4.92. The minimum atomic E-state index is -0.834. The molecule has 0 aromatic heterocycles. The minimum absolute atomic E-state index is 0.0348. The van der Waals surface area contributed by atoms with Gasteiger partial charge in [-0.1, -0.05) is 78.3 Å². The molecular formula is C29H22ClNO4. The average Bonchev–Trinajstić information content (AvgIpc) is 3.13. The number of methoxy groups -OCH3 is 1. The molecule has 6 heteroatoms. The monoisotopic (exact) mass is 483 g/mol. The van der Waals surface area contributed by atoms with Gasteiger partial charge < -0.3 is 9.84 Å². The third-order valence-corrected chi connectivity index (χ3v) is 6.68. The van der Waals surface area contributed by atoms with E-state index in [1.807, 2.05) is 67.6 Å². The number of ether oxygens (including phenoxy) is 1. The number of benzene rings is 4. The van der Waals surface area contributed by atoms with Gasteiger partial charge in [0.2, 0.25) is 0 Å². The summed E-state index contributed by atoms with van der Waals surface area (Å²) in [5.74, 6) is -1.25. The van der Waals surface area contributed by atoms with Crippen LogP contribution in [0, 0.1) is 6.92 Å². The number of rotatable bonds is 4. The lowest BCUT2D eigenvalue weighted by atomic mass is 9.91. The molecule has 0 radical (unpaired) electrons. The maximum Gasteiger partial charge on any atom is 0.300 e. The second-order valence-electron chi connectivity index (χ2n) is 8.37. The topological polar surface area (TPSA) is 66.8 Å². The molecule has 0 spiro atoms. The number of anilines is 1. The molecule has 1 heterocycles. The number of hydrogen-bond acceptors (Lipinski definition) is 4. The number of halogens is 1. The van der Waals surface area contributed by atoms with Gasteiger partial charge in [0, 0.05) is 11.3 Å². The van der Waals surface area contributed by atoms with E-state index in [0.29, 0.717) is 22.0 Å². The van der Waals surface area contributed by atoms with E-state index in [1.54, 1.807) is 24.3 Å². The van der Waals surface area contributed by atoms with E-state index in [4.69, 9.17) is 16.3 Å². The maximum atomic E-state index is 13.5. The zero-order valence-electron chi connectivity index (χ0n) is 19.2. The van der Waals surface area contributed by atoms with Crippen molar-refractivity contribution >= 4 is 45.5 Å². The van der Waals surface area contributed by atoms with Crippen molar-refractivity contribution in [1.82, 2.24) is 0 Å². The lowest BCUT2D eigenvalue weighted by molar-refractivity contribution is -0.132. The third kappa shape index (κ3) is 3.74. The summed E-state index contributed by atoms with van der Waals surface area (Å²) < 4.78 is 5.25. The van der Waals surface area contributed by atoms with Gasteiger partial charge in [0.05, 0.1) is 23.7 Å². The van der Waals surface area contributed by atoms with Gasteiger partial charge >= 0.3 is 0 Å². The summed E-state index contributed by atoms with van der Waals surface area (Å²) in [6, 6.07) is 24.7. The number of ketones is 1. The van der Waals surface area contributed by atoms with Crippen LogP contribution in [0.2, 0.25) is 5.02 Å². The molecule has 5 nitrogen and oxygen atoms in total. The second-order valence-corrected chi connectivity index (χ2v) is 8.78. The van der Waals surface area contributed by atoms with Crippen LogP contribution in [-0.2, 0) is 9.59 Å². The summed E-state index contributed by atoms with van der Waals surface area (Å²) in [5.41, 5.74) is 2.58. The van der Waals surface area contributed by atoms with Crippen LogP contribution in [0.15, 0.2) is 90.5 Å². The highest BCUT2D eigenvalue weighted by Gasteiger charge is 2.47. The number of carbonyl (C=O) groups is 2. The summed E-state index contributed by atoms with van der Waals surface area (Å²) >= 11 is 6.37. The molecule has 0 saturated carbocycles. The molecule has 174 valence electrons. The lowest BCUT2D eigenvalue weighted by Crippen LogP contribution is -2.29. The summed E-state index contributed by atoms with van der Waals surface area (Å²) in [5, 5.41) is 13.6. The third-order valence-electron chi connectivity index (χ3n) is 6.39. The maximum absolute atomic E-state index is 13.5. The molecule has 1 N–H and O–H groups in total. The van der Waals surface area contributed by atoms with Crippen molar-refractivity contribution in [2.24, 2.45) is 0 Å². The normalized spacial score (nSPS) is 17.2. The zero-order valence-corrected chi connectivity index (χ0v) is 19.9. The standard InChI is InChI=1S/C29H22ClNO4/c1-17-8-3-5-11-20(17)26-25(27(32)22-13-7-10-18-9-4-6-12-21(18)22)28(33)29(34)31(26)19-14-15-24(35-2)23(30)16-19/h3-16,26,32H,1-2H3/b27-25+. The number of hydrogen-bond donors (Lipinski definition) is 1. The van der Waals surface area contributed by atoms with Gasteiger partial charge in [0.25, 0.3) is 11.7 Å². The van der Waals surface area contributed by atoms with Gasteiger partial charge in [-0.05, 0) is 47.0 Å². The number of fused-ring (bicyclic) bond motifs is 1. The SMILES string of the molecule is COc1ccc(N2C(=O)C(=O)/C(=C(/O)c3cccc4ccccc34)C2c2ccccc2C)cc1Cl. The molecule has 35 heavy (non-hydrogen) atoms. The van der Waals surface area contributed by atoms with Crippen LogP contribution in [0.3, 0.4) is 0 Å². The number of nitrogens with zero attached hydrogens (tertiary/aromatic N) is 1. The van der Waals surface area contributed by atoms with Crippen molar-refractivity contribution in [3.05, 3.63) is 112 Å². The number of carbonyl (C=O) groups excluding carboxylic acids is 2. The molecule has 1 atom stereocenters. The molecular weight excluding hydrogens is 462 g/mol. The van der Waals surface area contributed by atoms with Crippen LogP contribution in [-0.4, -0.2) is 23.9 Å². The van der Waals surface area contributed by atoms with Crippen molar-refractivity contribution in [1.29, 1.82) is 0 Å². The number of aliphatic hydroxyl groups excluding tert-OH is 1. The molecule has 1 unspecified atom stereocenters. The Kier molecular flexibility index (Phi) is 5.79. The van der Waals surface area contributed by atoms with Gasteiger partial charge in [-0.3, -0.25) is 14.5 Å². The first-order valence-corrected chi connectivity index (χ1v) is 11.5. The Morgan fingerprint density at radius 2 is 1.66 bits per heavy atom. The van der Waals surface area contributed by atoms with E-state index >= 15 is 0 Å². The predicted molar refractivity (Wildman–Crippen MR) is 138 cm³/mol. The molecule has 1 fully saturated rings. The van der Waals surface area contributed by atoms with E-state index in [1.165, 1.54) is 12.0 Å². The first-order chi connectivity index (χ1) is 16.9. The highest BCUT2D eigenvalue weighted by Crippen LogP contribution is 2.45. The molecule has 0 bridgehead atoms. The molecule has 1 aliphatic rings. The largest absolute Gasteiger partial charge is 0.507 e. The van der Waals surface area contributed by atoms with E-state index < -0.39 is 17.7 Å². The average molecular weight is 484 g/mol. The summed E-state index contributed by atoms with van der Waals surface area (Å²) in [6.45, 7) is 1.91. The highest BCUT2D eigenvalue weighted by atomic mass is 35.5. The molecule has 5 rings (SSSR count). The molecule has 1 saturated heterocycles. The summed E-state index contributed by atoms with van der Waals surface area (Å²) in [6.07, 6.45) is 0. The van der Waals surface area contributed by atoms with Gasteiger partial charge in [-0.15, -0.1) is 0 Å². The van der Waals surface area contributed by atoms with Gasteiger partial charge in [0.15, 0.2) is 0 Å². The van der Waals surface area contributed by atoms with Gasteiger partial charge in [-0.2, -0.15) is 0 Å². The van der Waals surface area contributed by atoms with E-state index in [-0.39, 0.29) is 11.3 Å². The van der Waals surface area contributed by atoms with E-state index in [2.05, 4.69) is 0 Å². The van der Waals surface area contributed by atoms with Crippen molar-refractivity contribution in [3.8, 4) is 5.75 Å². The lowest BCUT2D eigenvalue weighted by Gasteiger charge is -2.27. The van der Waals surface area contributed by atoms with Crippen molar-refractivity contribution < 1.29 is 19.4 Å². The van der Waals surface area contributed by atoms with Crippen LogP contribution < -0.4 is 9.64 Å². The quantitative estimate of drug-likeness (QED) is 0.206. The van der Waals surface area contributed by atoms with Crippen LogP contribution in [0.4, 0.5) is 5.69 Å². The summed E-state index contributed by atoms with van der Waals surface area (Å²) in [7, 11) is 1.50. The van der Waals surface area contributed by atoms with E-state index in [9.17, 15) is 14.7 Å². The molecule has 1 aliphatic heterocycles. The minimum Gasteiger partial charge on any atom is -0.507 e. The number of Topliss-reactive ketones (excluding diaryl/α,β-unsaturated/α-hetero) is 1. The molecule has 0 aliphatic carbocycles. The van der Waals surface area contributed by atoms with Crippen LogP contribution in [0.5, 0.6) is 5.75 Å². The number of aliphatic hydroxyl groups is 1. The molecule has 4 aromatic carbocycles. The van der Waals surface area contributed by atoms with E-state index in [0.717, 1.165) is 21.9 Å². The van der Waals surface area contributed by atoms with Gasteiger partial charge in [0.1, 0.15) is 11.5 Å². The number of amides is 1. The van der Waals surface area contributed by atoms with Crippen LogP contribution >= 0.6 is 11.6 Å². The Hall–Kier alpha value is -4.09. The molecule has 4 aromatic rings. The van der Waals surface area contributed by atoms with Crippen molar-refractivity contribution in [3.63, 3.8) is 0 Å². The Bertz CT molecular complexity index is 1520. The summed E-state index contributed by atoms with van der Waals surface area (Å²) in [4.78, 5) is 28.3. The molecule has 1 amide bonds. The predicted octanol–water partition coefficient (Wildman–Crippen LogP) is 6.44. The Labute approximate surface area is 207 Å². The first-order valence-electron chi connectivity index (χ1n) is 11.1. The second kappa shape index (κ2) is 8.93. The Morgan fingerprint density at radius 3 is 2.40 bits per heavy atom. The van der Waals surface area contributed by atoms with Gasteiger partial charge in [-0.25, -0.2) is 0 Å². The Balaban J connectivity index is 1.78. The highest BCUT2D eigenvalue weighted by molar-refractivity contribution is 6.52. The fourth-order valence-electron chi connectivity index (χ4n) is 4.67. The number of aryl methyl sites for hydroxylation is 1. The fraction of sp³-hybridized carbons (Fsp3) is 0.103. The van der Waals surface area contributed by atoms with Crippen LogP contribution in [0.25, 0.3) is 16.5 Å². The van der Waals surface area contributed by atoms with Crippen molar-refractivity contribution in [2.75, 3.05) is 12.0 Å². The van der Waals surface area contributed by atoms with Crippen molar-refractivity contribution in [2.45, 2.75) is 13.0 Å².